The van der Waals surface area contributed by atoms with E-state index >= 15 is 0 Å². The summed E-state index contributed by atoms with van der Waals surface area (Å²) in [7, 11) is -3.17. The molecule has 8 heteroatoms. The largest absolute Gasteiger partial charge is 0.331 e. The number of hydrogen-bond acceptors (Lipinski definition) is 4. The van der Waals surface area contributed by atoms with Gasteiger partial charge < -0.3 is 4.90 Å². The monoisotopic (exact) mass is 515 g/mol. The zero-order chi connectivity index (χ0) is 25.8. The van der Waals surface area contributed by atoms with Gasteiger partial charge in [-0.1, -0.05) is 48.5 Å². The van der Waals surface area contributed by atoms with Gasteiger partial charge in [-0.25, -0.2) is 17.5 Å². The second kappa shape index (κ2) is 10.5. The van der Waals surface area contributed by atoms with Gasteiger partial charge in [0.05, 0.1) is 22.9 Å². The molecule has 5 rings (SSSR count). The van der Waals surface area contributed by atoms with Crippen LogP contribution in [0.3, 0.4) is 0 Å². The van der Waals surface area contributed by atoms with Crippen LogP contribution in [-0.4, -0.2) is 46.6 Å². The van der Waals surface area contributed by atoms with Crippen LogP contribution >= 0.6 is 0 Å². The first-order valence-electron chi connectivity index (χ1n) is 12.0. The third-order valence-electron chi connectivity index (χ3n) is 6.41. The maximum atomic E-state index is 13.6. The van der Waals surface area contributed by atoms with Crippen molar-refractivity contribution in [2.24, 2.45) is 0 Å². The molecule has 6 nitrogen and oxygen atoms in total. The van der Waals surface area contributed by atoms with Crippen molar-refractivity contribution < 1.29 is 17.6 Å². The molecule has 0 spiro atoms. The van der Waals surface area contributed by atoms with E-state index in [9.17, 15) is 17.6 Å². The Kier molecular flexibility index (Phi) is 7.01. The topological polar surface area (TPSA) is 72.3 Å². The highest BCUT2D eigenvalue weighted by molar-refractivity contribution is 7.91. The molecule has 1 aliphatic heterocycles. The van der Waals surface area contributed by atoms with Crippen LogP contribution in [0.25, 0.3) is 23.0 Å². The number of carbonyl (C=O) groups excluding carboxylic acids is 1. The lowest BCUT2D eigenvalue weighted by molar-refractivity contribution is -0.128. The van der Waals surface area contributed by atoms with E-state index in [1.54, 1.807) is 27.8 Å². The van der Waals surface area contributed by atoms with Gasteiger partial charge in [0.2, 0.25) is 5.91 Å². The Balaban J connectivity index is 1.48. The number of benzene rings is 3. The van der Waals surface area contributed by atoms with Gasteiger partial charge in [0.25, 0.3) is 0 Å². The highest BCUT2D eigenvalue weighted by atomic mass is 32.2. The smallest absolute Gasteiger partial charge is 0.247 e. The van der Waals surface area contributed by atoms with Gasteiger partial charge >= 0.3 is 0 Å². The van der Waals surface area contributed by atoms with E-state index in [1.807, 2.05) is 66.9 Å². The van der Waals surface area contributed by atoms with Crippen molar-refractivity contribution in [3.63, 3.8) is 0 Å². The number of rotatable bonds is 7. The van der Waals surface area contributed by atoms with Crippen molar-refractivity contribution in [1.82, 2.24) is 14.7 Å². The van der Waals surface area contributed by atoms with Crippen LogP contribution in [0, 0.1) is 5.82 Å². The molecular formula is C29H26FN3O3S. The van der Waals surface area contributed by atoms with Gasteiger partial charge in [-0.3, -0.25) is 4.79 Å². The molecule has 2 heterocycles. The average Bonchev–Trinajstić information content (AvgIpc) is 3.50. The predicted molar refractivity (Wildman–Crippen MR) is 142 cm³/mol. The van der Waals surface area contributed by atoms with Crippen LogP contribution in [0.5, 0.6) is 0 Å². The Morgan fingerprint density at radius 2 is 1.68 bits per heavy atom. The number of para-hydroxylation sites is 1. The summed E-state index contributed by atoms with van der Waals surface area (Å²) in [6.07, 6.45) is 5.39. The highest BCUT2D eigenvalue weighted by Gasteiger charge is 2.34. The van der Waals surface area contributed by atoms with Crippen LogP contribution in [-0.2, 0) is 21.2 Å². The lowest BCUT2D eigenvalue weighted by Gasteiger charge is -2.27. The Labute approximate surface area is 215 Å². The summed E-state index contributed by atoms with van der Waals surface area (Å²) in [5.74, 6) is -0.574. The Morgan fingerprint density at radius 1 is 1.00 bits per heavy atom. The molecule has 1 fully saturated rings. The summed E-state index contributed by atoms with van der Waals surface area (Å²) in [5.41, 5.74) is 3.77. The molecule has 1 aliphatic rings. The van der Waals surface area contributed by atoms with Crippen LogP contribution in [0.4, 0.5) is 4.39 Å². The molecule has 0 radical (unpaired) electrons. The molecular weight excluding hydrogens is 489 g/mol. The minimum Gasteiger partial charge on any atom is -0.331 e. The summed E-state index contributed by atoms with van der Waals surface area (Å²) >= 11 is 0. The first-order chi connectivity index (χ1) is 17.9. The fourth-order valence-electron chi connectivity index (χ4n) is 4.50. The highest BCUT2D eigenvalue weighted by Crippen LogP contribution is 2.26. The minimum absolute atomic E-state index is 0.0355. The molecule has 0 saturated carbocycles. The number of carbonyl (C=O) groups is 1. The zero-order valence-electron chi connectivity index (χ0n) is 20.1. The molecule has 1 atom stereocenters. The van der Waals surface area contributed by atoms with Crippen LogP contribution < -0.4 is 0 Å². The van der Waals surface area contributed by atoms with E-state index in [0.717, 1.165) is 11.3 Å². The number of halogens is 1. The fourth-order valence-corrected chi connectivity index (χ4v) is 6.23. The fraction of sp³-hybridized carbons (Fsp3) is 0.172. The van der Waals surface area contributed by atoms with E-state index in [2.05, 4.69) is 0 Å². The third kappa shape index (κ3) is 5.86. The van der Waals surface area contributed by atoms with E-state index in [0.29, 0.717) is 29.8 Å². The summed E-state index contributed by atoms with van der Waals surface area (Å²) in [6.45, 7) is 0.318. The summed E-state index contributed by atoms with van der Waals surface area (Å²) in [5, 5.41) is 4.71. The molecule has 1 unspecified atom stereocenters. The first-order valence-corrected chi connectivity index (χ1v) is 13.8. The molecule has 1 aromatic heterocycles. The second-order valence-electron chi connectivity index (χ2n) is 9.06. The normalized spacial score (nSPS) is 16.7. The molecule has 4 aromatic rings. The standard InChI is InChI=1S/C29H26FN3O3S/c30-25-14-11-23(12-15-25)29-24(20-33(31-29)26-9-5-2-6-10-26)13-16-28(34)32(19-22-7-3-1-4-8-22)27-17-18-37(35,36)21-27/h1-16,20,27H,17-19,21H2/b16-13+. The SMILES string of the molecule is O=C(/C=C/c1cn(-c2ccccc2)nc1-c1ccc(F)cc1)N(Cc1ccccc1)C1CCS(=O)(=O)C1. The molecule has 0 N–H and O–H groups in total. The van der Waals surface area contributed by atoms with Crippen molar-refractivity contribution in [2.75, 3.05) is 11.5 Å². The molecule has 1 amide bonds. The Morgan fingerprint density at radius 3 is 2.32 bits per heavy atom. The van der Waals surface area contributed by atoms with Gasteiger partial charge in [0.15, 0.2) is 9.84 Å². The molecule has 3 aromatic carbocycles. The van der Waals surface area contributed by atoms with E-state index in [1.165, 1.54) is 18.2 Å². The minimum atomic E-state index is -3.17. The molecule has 37 heavy (non-hydrogen) atoms. The van der Waals surface area contributed by atoms with Gasteiger partial charge in [-0.2, -0.15) is 5.10 Å². The van der Waals surface area contributed by atoms with Gasteiger partial charge in [-0.05, 0) is 54.5 Å². The van der Waals surface area contributed by atoms with E-state index < -0.39 is 9.84 Å². The van der Waals surface area contributed by atoms with Gasteiger partial charge in [0, 0.05) is 36.0 Å². The van der Waals surface area contributed by atoms with Crippen molar-refractivity contribution in [2.45, 2.75) is 19.0 Å². The third-order valence-corrected chi connectivity index (χ3v) is 8.16. The molecule has 0 bridgehead atoms. The van der Waals surface area contributed by atoms with Crippen molar-refractivity contribution in [1.29, 1.82) is 0 Å². The number of nitrogens with zero attached hydrogens (tertiary/aromatic N) is 3. The van der Waals surface area contributed by atoms with Gasteiger partial charge in [0.1, 0.15) is 5.82 Å². The number of sulfone groups is 1. The number of hydrogen-bond donors (Lipinski definition) is 0. The maximum absolute atomic E-state index is 13.6. The summed E-state index contributed by atoms with van der Waals surface area (Å²) < 4.78 is 39.6. The number of aromatic nitrogens is 2. The maximum Gasteiger partial charge on any atom is 0.247 e. The number of amides is 1. The quantitative estimate of drug-likeness (QED) is 0.328. The van der Waals surface area contributed by atoms with Crippen LogP contribution in [0.1, 0.15) is 17.5 Å². The van der Waals surface area contributed by atoms with Gasteiger partial charge in [-0.15, -0.1) is 0 Å². The second-order valence-corrected chi connectivity index (χ2v) is 11.3. The molecule has 0 aliphatic carbocycles. The van der Waals surface area contributed by atoms with E-state index in [4.69, 9.17) is 5.10 Å². The average molecular weight is 516 g/mol. The zero-order valence-corrected chi connectivity index (χ0v) is 20.9. The van der Waals surface area contributed by atoms with Crippen LogP contribution in [0.15, 0.2) is 97.2 Å². The lowest BCUT2D eigenvalue weighted by atomic mass is 10.1. The predicted octanol–water partition coefficient (Wildman–Crippen LogP) is 4.91. The Hall–Kier alpha value is -4.04. The van der Waals surface area contributed by atoms with Crippen molar-refractivity contribution >= 4 is 21.8 Å². The van der Waals surface area contributed by atoms with Crippen LogP contribution in [0.2, 0.25) is 0 Å². The van der Waals surface area contributed by atoms with Crippen molar-refractivity contribution in [3.05, 3.63) is 114 Å². The summed E-state index contributed by atoms with van der Waals surface area (Å²) in [4.78, 5) is 15.1. The van der Waals surface area contributed by atoms with Crippen molar-refractivity contribution in [3.8, 4) is 16.9 Å². The summed E-state index contributed by atoms with van der Waals surface area (Å²) in [6, 6.07) is 24.8. The molecule has 188 valence electrons. The Bertz CT molecular complexity index is 1520. The lowest BCUT2D eigenvalue weighted by Crippen LogP contribution is -2.39. The molecule has 1 saturated heterocycles. The van der Waals surface area contributed by atoms with E-state index in [-0.39, 0.29) is 29.3 Å². The first kappa shape index (κ1) is 24.6.